The van der Waals surface area contributed by atoms with Crippen LogP contribution in [0.4, 0.5) is 0 Å². The molecule has 100 valence electrons. The smallest absolute Gasteiger partial charge is 0.0571 e. The Labute approximate surface area is 118 Å². The second-order valence-corrected chi connectivity index (χ2v) is 5.59. The van der Waals surface area contributed by atoms with Crippen LogP contribution in [0.5, 0.6) is 0 Å². The molecule has 1 heterocycles. The molecule has 0 saturated heterocycles. The first-order valence-corrected chi connectivity index (χ1v) is 7.26. The van der Waals surface area contributed by atoms with Crippen LogP contribution in [-0.4, -0.2) is 10.7 Å². The Kier molecular flexibility index (Phi) is 4.96. The van der Waals surface area contributed by atoms with E-state index in [-0.39, 0.29) is 6.04 Å². The van der Waals surface area contributed by atoms with Crippen molar-refractivity contribution in [3.05, 3.63) is 59.4 Å². The van der Waals surface area contributed by atoms with Gasteiger partial charge in [0.2, 0.25) is 0 Å². The number of pyridine rings is 1. The average molecular weight is 273 g/mol. The lowest BCUT2D eigenvalue weighted by atomic mass is 10.1. The van der Waals surface area contributed by atoms with Gasteiger partial charge in [0.05, 0.1) is 6.04 Å². The maximum Gasteiger partial charge on any atom is 0.0571 e. The normalized spacial score (nSPS) is 12.4. The van der Waals surface area contributed by atoms with Crippen molar-refractivity contribution in [2.45, 2.75) is 24.8 Å². The van der Waals surface area contributed by atoms with Gasteiger partial charge >= 0.3 is 0 Å². The molecule has 3 N–H and O–H groups in total. The van der Waals surface area contributed by atoms with Crippen molar-refractivity contribution in [2.24, 2.45) is 5.84 Å². The molecule has 0 aliphatic rings. The Morgan fingerprint density at radius 2 is 2.00 bits per heavy atom. The second-order valence-electron chi connectivity index (χ2n) is 4.53. The molecule has 3 nitrogen and oxygen atoms in total. The summed E-state index contributed by atoms with van der Waals surface area (Å²) in [6, 6.07) is 10.5. The van der Waals surface area contributed by atoms with Crippen LogP contribution in [-0.2, 0) is 0 Å². The van der Waals surface area contributed by atoms with Gasteiger partial charge in [0, 0.05) is 23.0 Å². The van der Waals surface area contributed by atoms with Crippen molar-refractivity contribution in [1.82, 2.24) is 10.4 Å². The van der Waals surface area contributed by atoms with Crippen molar-refractivity contribution in [3.63, 3.8) is 0 Å². The summed E-state index contributed by atoms with van der Waals surface area (Å²) in [5.74, 6) is 6.57. The molecule has 0 fully saturated rings. The number of hydrogen-bond acceptors (Lipinski definition) is 4. The van der Waals surface area contributed by atoms with Crippen molar-refractivity contribution in [3.8, 4) is 0 Å². The Morgan fingerprint density at radius 1 is 1.21 bits per heavy atom. The summed E-state index contributed by atoms with van der Waals surface area (Å²) in [6.07, 6.45) is 3.69. The van der Waals surface area contributed by atoms with Crippen LogP contribution in [0.3, 0.4) is 0 Å². The molecule has 1 aromatic heterocycles. The fourth-order valence-corrected chi connectivity index (χ4v) is 3.05. The fraction of sp³-hybridized carbons (Fsp3) is 0.267. The molecular weight excluding hydrogens is 254 g/mol. The number of thioether (sulfide) groups is 1. The first-order valence-electron chi connectivity index (χ1n) is 6.27. The number of nitrogens with zero attached hydrogens (tertiary/aromatic N) is 1. The number of benzene rings is 1. The van der Waals surface area contributed by atoms with Crippen LogP contribution in [0.25, 0.3) is 0 Å². The molecule has 1 atom stereocenters. The van der Waals surface area contributed by atoms with E-state index in [0.717, 1.165) is 11.3 Å². The monoisotopic (exact) mass is 273 g/mol. The van der Waals surface area contributed by atoms with E-state index >= 15 is 0 Å². The van der Waals surface area contributed by atoms with Crippen LogP contribution < -0.4 is 11.3 Å². The van der Waals surface area contributed by atoms with E-state index in [9.17, 15) is 0 Å². The lowest BCUT2D eigenvalue weighted by Gasteiger charge is -2.18. The number of nitrogens with two attached hydrogens (primary N) is 1. The molecule has 0 aliphatic carbocycles. The quantitative estimate of drug-likeness (QED) is 0.499. The Hall–Kier alpha value is -1.36. The van der Waals surface area contributed by atoms with Crippen LogP contribution in [0, 0.1) is 13.8 Å². The van der Waals surface area contributed by atoms with Crippen LogP contribution in [0.1, 0.15) is 22.7 Å². The zero-order valence-electron chi connectivity index (χ0n) is 11.3. The summed E-state index contributed by atoms with van der Waals surface area (Å²) < 4.78 is 0. The Balaban J connectivity index is 2.09. The van der Waals surface area contributed by atoms with E-state index in [1.807, 2.05) is 24.0 Å². The van der Waals surface area contributed by atoms with E-state index in [1.54, 1.807) is 6.20 Å². The summed E-state index contributed by atoms with van der Waals surface area (Å²) in [6.45, 7) is 4.21. The van der Waals surface area contributed by atoms with Crippen molar-refractivity contribution < 1.29 is 0 Å². The molecule has 19 heavy (non-hydrogen) atoms. The minimum Gasteiger partial charge on any atom is -0.271 e. The SMILES string of the molecule is Cc1ccccc1SCC(NN)c1cnccc1C. The van der Waals surface area contributed by atoms with Crippen molar-refractivity contribution in [2.75, 3.05) is 5.75 Å². The maximum atomic E-state index is 5.68. The maximum absolute atomic E-state index is 5.68. The molecular formula is C15H19N3S. The van der Waals surface area contributed by atoms with Gasteiger partial charge in [0.1, 0.15) is 0 Å². The van der Waals surface area contributed by atoms with Crippen molar-refractivity contribution >= 4 is 11.8 Å². The predicted octanol–water partition coefficient (Wildman–Crippen LogP) is 3.00. The first-order chi connectivity index (χ1) is 9.22. The Morgan fingerprint density at radius 3 is 2.68 bits per heavy atom. The van der Waals surface area contributed by atoms with Gasteiger partial charge in [-0.1, -0.05) is 18.2 Å². The van der Waals surface area contributed by atoms with Crippen LogP contribution in [0.2, 0.25) is 0 Å². The van der Waals surface area contributed by atoms with E-state index in [4.69, 9.17) is 5.84 Å². The summed E-state index contributed by atoms with van der Waals surface area (Å²) in [5, 5.41) is 0. The second kappa shape index (κ2) is 6.70. The number of hydrazine groups is 1. The highest BCUT2D eigenvalue weighted by molar-refractivity contribution is 7.99. The van der Waals surface area contributed by atoms with Gasteiger partial charge < -0.3 is 0 Å². The highest BCUT2D eigenvalue weighted by atomic mass is 32.2. The number of hydrogen-bond donors (Lipinski definition) is 2. The molecule has 1 aromatic carbocycles. The Bertz CT molecular complexity index is 542. The van der Waals surface area contributed by atoms with Gasteiger partial charge in [0.25, 0.3) is 0 Å². The third-order valence-corrected chi connectivity index (χ3v) is 4.42. The number of nitrogens with one attached hydrogen (secondary N) is 1. The zero-order chi connectivity index (χ0) is 13.7. The van der Waals surface area contributed by atoms with Gasteiger partial charge in [-0.3, -0.25) is 16.3 Å². The van der Waals surface area contributed by atoms with Gasteiger partial charge in [0.15, 0.2) is 0 Å². The lowest BCUT2D eigenvalue weighted by molar-refractivity contribution is 0.605. The summed E-state index contributed by atoms with van der Waals surface area (Å²) >= 11 is 1.81. The molecule has 1 unspecified atom stereocenters. The number of rotatable bonds is 5. The minimum absolute atomic E-state index is 0.110. The average Bonchev–Trinajstić information content (AvgIpc) is 2.43. The summed E-state index contributed by atoms with van der Waals surface area (Å²) in [4.78, 5) is 5.48. The van der Waals surface area contributed by atoms with E-state index in [2.05, 4.69) is 48.5 Å². The van der Waals surface area contributed by atoms with E-state index in [1.165, 1.54) is 16.0 Å². The topological polar surface area (TPSA) is 50.9 Å². The lowest BCUT2D eigenvalue weighted by Crippen LogP contribution is -2.30. The molecule has 4 heteroatoms. The van der Waals surface area contributed by atoms with Gasteiger partial charge in [-0.25, -0.2) is 0 Å². The molecule has 2 rings (SSSR count). The molecule has 0 bridgehead atoms. The van der Waals surface area contributed by atoms with E-state index in [0.29, 0.717) is 0 Å². The van der Waals surface area contributed by atoms with E-state index < -0.39 is 0 Å². The van der Waals surface area contributed by atoms with Crippen LogP contribution in [0.15, 0.2) is 47.6 Å². The number of aryl methyl sites for hydroxylation is 2. The number of aromatic nitrogens is 1. The minimum atomic E-state index is 0.110. The molecule has 0 saturated carbocycles. The third-order valence-electron chi connectivity index (χ3n) is 3.16. The van der Waals surface area contributed by atoms with Crippen molar-refractivity contribution in [1.29, 1.82) is 0 Å². The largest absolute Gasteiger partial charge is 0.271 e. The highest BCUT2D eigenvalue weighted by Crippen LogP contribution is 2.27. The predicted molar refractivity (Wildman–Crippen MR) is 80.9 cm³/mol. The zero-order valence-corrected chi connectivity index (χ0v) is 12.1. The summed E-state index contributed by atoms with van der Waals surface area (Å²) in [5.41, 5.74) is 6.56. The van der Waals surface area contributed by atoms with Gasteiger partial charge in [-0.05, 0) is 42.7 Å². The molecule has 0 radical (unpaired) electrons. The molecule has 0 aliphatic heterocycles. The third kappa shape index (κ3) is 3.56. The van der Waals surface area contributed by atoms with Gasteiger partial charge in [-0.2, -0.15) is 0 Å². The summed E-state index contributed by atoms with van der Waals surface area (Å²) in [7, 11) is 0. The molecule has 0 amide bonds. The highest BCUT2D eigenvalue weighted by Gasteiger charge is 2.13. The first kappa shape index (κ1) is 14.1. The van der Waals surface area contributed by atoms with Gasteiger partial charge in [-0.15, -0.1) is 11.8 Å². The fourth-order valence-electron chi connectivity index (χ4n) is 1.96. The van der Waals surface area contributed by atoms with Crippen LogP contribution >= 0.6 is 11.8 Å². The molecule has 0 spiro atoms. The standard InChI is InChI=1S/C15H19N3S/c1-11-7-8-17-9-13(11)14(18-16)10-19-15-6-4-3-5-12(15)2/h3-9,14,18H,10,16H2,1-2H3. The molecule has 2 aromatic rings.